The molecule has 27 heavy (non-hydrogen) atoms. The maximum Gasteiger partial charge on any atom is 0.242 e. The van der Waals surface area contributed by atoms with Crippen molar-refractivity contribution < 1.29 is 14.3 Å². The van der Waals surface area contributed by atoms with E-state index in [1.54, 1.807) is 12.0 Å². The molecule has 0 radical (unpaired) electrons. The summed E-state index contributed by atoms with van der Waals surface area (Å²) in [6.45, 7) is 1.91. The van der Waals surface area contributed by atoms with E-state index < -0.39 is 0 Å². The van der Waals surface area contributed by atoms with Crippen molar-refractivity contribution in [2.45, 2.75) is 18.9 Å². The summed E-state index contributed by atoms with van der Waals surface area (Å²) in [6.07, 6.45) is 0.890. The zero-order valence-corrected chi connectivity index (χ0v) is 15.5. The lowest BCUT2D eigenvalue weighted by Crippen LogP contribution is -2.52. The van der Waals surface area contributed by atoms with Crippen LogP contribution in [-0.4, -0.2) is 48.4 Å². The third-order valence-electron chi connectivity index (χ3n) is 5.47. The first kappa shape index (κ1) is 17.6. The minimum Gasteiger partial charge on any atom is -0.497 e. The smallest absolute Gasteiger partial charge is 0.242 e. The number of hydrogen-bond acceptors (Lipinski definition) is 3. The zero-order chi connectivity index (χ0) is 18.8. The number of benzene rings is 2. The summed E-state index contributed by atoms with van der Waals surface area (Å²) in [7, 11) is 1.63. The van der Waals surface area contributed by atoms with Gasteiger partial charge in [-0.05, 0) is 35.6 Å². The Kier molecular flexibility index (Phi) is 4.84. The first-order valence-electron chi connectivity index (χ1n) is 9.40. The van der Waals surface area contributed by atoms with E-state index in [1.807, 2.05) is 47.4 Å². The highest BCUT2D eigenvalue weighted by Gasteiger charge is 2.46. The number of carbonyl (C=O) groups excluding carboxylic acids is 2. The van der Waals surface area contributed by atoms with Gasteiger partial charge in [-0.1, -0.05) is 42.5 Å². The lowest BCUT2D eigenvalue weighted by atomic mass is 10.1. The van der Waals surface area contributed by atoms with Crippen LogP contribution >= 0.6 is 0 Å². The van der Waals surface area contributed by atoms with Crippen LogP contribution in [0.3, 0.4) is 0 Å². The van der Waals surface area contributed by atoms with Gasteiger partial charge in [0.15, 0.2) is 0 Å². The van der Waals surface area contributed by atoms with Crippen molar-refractivity contribution in [2.75, 3.05) is 26.7 Å². The van der Waals surface area contributed by atoms with Crippen molar-refractivity contribution in [1.29, 1.82) is 0 Å². The molecule has 0 unspecified atom stereocenters. The predicted octanol–water partition coefficient (Wildman–Crippen LogP) is 2.67. The summed E-state index contributed by atoms with van der Waals surface area (Å²) in [5.41, 5.74) is 2.26. The molecule has 2 amide bonds. The largest absolute Gasteiger partial charge is 0.497 e. The van der Waals surface area contributed by atoms with E-state index in [1.165, 1.54) is 5.56 Å². The molecule has 1 aliphatic heterocycles. The number of carbonyl (C=O) groups is 2. The average molecular weight is 364 g/mol. The number of ether oxygens (including phenoxy) is 1. The molecule has 2 aromatic rings. The summed E-state index contributed by atoms with van der Waals surface area (Å²) < 4.78 is 5.24. The molecule has 4 rings (SSSR count). The van der Waals surface area contributed by atoms with Gasteiger partial charge in [-0.25, -0.2) is 0 Å². The summed E-state index contributed by atoms with van der Waals surface area (Å²) >= 11 is 0. The SMILES string of the molecule is COc1cccc(CN2CCN(C(=O)[C@@H]3C[C@H]3c3ccccc3)CC2=O)c1. The lowest BCUT2D eigenvalue weighted by molar-refractivity contribution is -0.146. The second-order valence-electron chi connectivity index (χ2n) is 7.29. The monoisotopic (exact) mass is 364 g/mol. The average Bonchev–Trinajstić information content (AvgIpc) is 3.51. The molecule has 1 heterocycles. The molecule has 2 aliphatic rings. The summed E-state index contributed by atoms with van der Waals surface area (Å²) in [6, 6.07) is 17.9. The van der Waals surface area contributed by atoms with Crippen LogP contribution in [0.1, 0.15) is 23.5 Å². The van der Waals surface area contributed by atoms with Crippen molar-refractivity contribution in [2.24, 2.45) is 5.92 Å². The van der Waals surface area contributed by atoms with E-state index in [2.05, 4.69) is 12.1 Å². The standard InChI is InChI=1S/C22H24N2O3/c1-27-18-9-5-6-16(12-18)14-23-10-11-24(15-21(23)25)22(26)20-13-19(20)17-7-3-2-4-8-17/h2-9,12,19-20H,10-11,13-15H2,1H3/t19-,20+/m0/s1. The van der Waals surface area contributed by atoms with Gasteiger partial charge < -0.3 is 14.5 Å². The molecule has 1 aliphatic carbocycles. The lowest BCUT2D eigenvalue weighted by Gasteiger charge is -2.34. The topological polar surface area (TPSA) is 49.9 Å². The van der Waals surface area contributed by atoms with E-state index in [-0.39, 0.29) is 24.3 Å². The molecule has 2 atom stereocenters. The molecular formula is C22H24N2O3. The predicted molar refractivity (Wildman–Crippen MR) is 102 cm³/mol. The Hall–Kier alpha value is -2.82. The van der Waals surface area contributed by atoms with Crippen LogP contribution in [0.15, 0.2) is 54.6 Å². The molecule has 0 spiro atoms. The Bertz CT molecular complexity index is 836. The van der Waals surface area contributed by atoms with Crippen LogP contribution in [0.25, 0.3) is 0 Å². The Morgan fingerprint density at radius 2 is 1.93 bits per heavy atom. The van der Waals surface area contributed by atoms with Crippen molar-refractivity contribution in [1.82, 2.24) is 9.80 Å². The highest BCUT2D eigenvalue weighted by atomic mass is 16.5. The first-order valence-corrected chi connectivity index (χ1v) is 9.40. The van der Waals surface area contributed by atoms with Crippen molar-refractivity contribution in [3.05, 3.63) is 65.7 Å². The molecule has 0 N–H and O–H groups in total. The quantitative estimate of drug-likeness (QED) is 0.820. The van der Waals surface area contributed by atoms with Crippen LogP contribution in [0.2, 0.25) is 0 Å². The fourth-order valence-corrected chi connectivity index (χ4v) is 3.83. The molecule has 2 aromatic carbocycles. The fraction of sp³-hybridized carbons (Fsp3) is 0.364. The Morgan fingerprint density at radius 1 is 1.11 bits per heavy atom. The molecule has 0 aromatic heterocycles. The number of nitrogens with zero attached hydrogens (tertiary/aromatic N) is 2. The van der Waals surface area contributed by atoms with Crippen LogP contribution in [0.4, 0.5) is 0 Å². The molecule has 0 bridgehead atoms. The van der Waals surface area contributed by atoms with Gasteiger partial charge in [-0.15, -0.1) is 0 Å². The number of piperazine rings is 1. The molecule has 1 saturated heterocycles. The third kappa shape index (κ3) is 3.82. The van der Waals surface area contributed by atoms with Crippen LogP contribution in [0.5, 0.6) is 5.75 Å². The summed E-state index contributed by atoms with van der Waals surface area (Å²) in [5.74, 6) is 1.26. The molecular weight excluding hydrogens is 340 g/mol. The maximum absolute atomic E-state index is 12.8. The van der Waals surface area contributed by atoms with Gasteiger partial charge in [0, 0.05) is 25.6 Å². The second-order valence-corrected chi connectivity index (χ2v) is 7.29. The van der Waals surface area contributed by atoms with Gasteiger partial charge in [0.2, 0.25) is 11.8 Å². The van der Waals surface area contributed by atoms with E-state index >= 15 is 0 Å². The Morgan fingerprint density at radius 3 is 2.67 bits per heavy atom. The van der Waals surface area contributed by atoms with E-state index in [4.69, 9.17) is 4.74 Å². The van der Waals surface area contributed by atoms with E-state index in [0.29, 0.717) is 25.6 Å². The third-order valence-corrected chi connectivity index (χ3v) is 5.47. The fourth-order valence-electron chi connectivity index (χ4n) is 3.83. The minimum atomic E-state index is 0.00864. The van der Waals surface area contributed by atoms with E-state index in [9.17, 15) is 9.59 Å². The summed E-state index contributed by atoms with van der Waals surface area (Å²) in [4.78, 5) is 28.9. The molecule has 5 heteroatoms. The van der Waals surface area contributed by atoms with Crippen LogP contribution in [0, 0.1) is 5.92 Å². The number of hydrogen-bond donors (Lipinski definition) is 0. The first-order chi connectivity index (χ1) is 13.2. The highest BCUT2D eigenvalue weighted by Crippen LogP contribution is 2.48. The molecule has 2 fully saturated rings. The van der Waals surface area contributed by atoms with Gasteiger partial charge in [0.1, 0.15) is 5.75 Å². The van der Waals surface area contributed by atoms with E-state index in [0.717, 1.165) is 17.7 Å². The van der Waals surface area contributed by atoms with Gasteiger partial charge in [0.05, 0.1) is 13.7 Å². The minimum absolute atomic E-state index is 0.00864. The van der Waals surface area contributed by atoms with Crippen LogP contribution < -0.4 is 4.74 Å². The maximum atomic E-state index is 12.8. The molecule has 5 nitrogen and oxygen atoms in total. The van der Waals surface area contributed by atoms with Crippen molar-refractivity contribution >= 4 is 11.8 Å². The number of amides is 2. The second kappa shape index (κ2) is 7.43. The molecule has 1 saturated carbocycles. The Labute approximate surface area is 159 Å². The van der Waals surface area contributed by atoms with Crippen molar-refractivity contribution in [3.63, 3.8) is 0 Å². The Balaban J connectivity index is 1.33. The van der Waals surface area contributed by atoms with Crippen molar-refractivity contribution in [3.8, 4) is 5.75 Å². The number of rotatable bonds is 5. The van der Waals surface area contributed by atoms with Gasteiger partial charge in [-0.2, -0.15) is 0 Å². The normalized spacial score (nSPS) is 21.9. The zero-order valence-electron chi connectivity index (χ0n) is 15.5. The van der Waals surface area contributed by atoms with Crippen LogP contribution in [-0.2, 0) is 16.1 Å². The van der Waals surface area contributed by atoms with Gasteiger partial charge >= 0.3 is 0 Å². The number of methoxy groups -OCH3 is 1. The summed E-state index contributed by atoms with van der Waals surface area (Å²) in [5, 5.41) is 0. The van der Waals surface area contributed by atoms with Gasteiger partial charge in [0.25, 0.3) is 0 Å². The highest BCUT2D eigenvalue weighted by molar-refractivity contribution is 5.89. The van der Waals surface area contributed by atoms with Gasteiger partial charge in [-0.3, -0.25) is 9.59 Å². The molecule has 140 valence electrons.